The van der Waals surface area contributed by atoms with Crippen LogP contribution in [0.2, 0.25) is 5.15 Å². The van der Waals surface area contributed by atoms with Gasteiger partial charge in [-0.1, -0.05) is 17.7 Å². The molecule has 0 aliphatic heterocycles. The lowest BCUT2D eigenvalue weighted by molar-refractivity contribution is 0.934. The average Bonchev–Trinajstić information content (AvgIpc) is 2.62. The largest absolute Gasteiger partial charge is 0.244 e. The Morgan fingerprint density at radius 1 is 1.46 bits per heavy atom. The molecule has 0 radical (unpaired) electrons. The van der Waals surface area contributed by atoms with Crippen LogP contribution >= 0.6 is 11.6 Å². The Bertz CT molecular complexity index is 355. The van der Waals surface area contributed by atoms with Crippen molar-refractivity contribution in [1.82, 2.24) is 4.98 Å². The fraction of sp³-hybridized carbons (Fsp3) is 0.364. The van der Waals surface area contributed by atoms with Gasteiger partial charge in [0.1, 0.15) is 5.15 Å². The molecular weight excluding hydrogens is 182 g/mol. The van der Waals surface area contributed by atoms with Crippen molar-refractivity contribution < 1.29 is 0 Å². The number of allylic oxidation sites excluding steroid dienone is 2. The summed E-state index contributed by atoms with van der Waals surface area (Å²) in [4.78, 5) is 4.15. The van der Waals surface area contributed by atoms with Crippen molar-refractivity contribution in [2.45, 2.75) is 26.2 Å². The number of pyridine rings is 1. The third-order valence-electron chi connectivity index (χ3n) is 2.43. The molecule has 0 unspecified atom stereocenters. The maximum Gasteiger partial charge on any atom is 0.131 e. The molecule has 1 heterocycles. The van der Waals surface area contributed by atoms with Gasteiger partial charge in [-0.15, -0.1) is 0 Å². The van der Waals surface area contributed by atoms with Crippen LogP contribution in [-0.4, -0.2) is 4.98 Å². The van der Waals surface area contributed by atoms with Gasteiger partial charge >= 0.3 is 0 Å². The Hall–Kier alpha value is -0.820. The van der Waals surface area contributed by atoms with Gasteiger partial charge in [-0.3, -0.25) is 0 Å². The van der Waals surface area contributed by atoms with E-state index < -0.39 is 0 Å². The minimum atomic E-state index is 0.613. The second kappa shape index (κ2) is 3.51. The maximum absolute atomic E-state index is 5.86. The molecule has 0 saturated heterocycles. The van der Waals surface area contributed by atoms with E-state index >= 15 is 0 Å². The van der Waals surface area contributed by atoms with Crippen molar-refractivity contribution in [2.24, 2.45) is 0 Å². The number of nitrogens with zero attached hydrogens (tertiary/aromatic N) is 1. The summed E-state index contributed by atoms with van der Waals surface area (Å²) < 4.78 is 0. The zero-order valence-corrected chi connectivity index (χ0v) is 8.43. The summed E-state index contributed by atoms with van der Waals surface area (Å²) in [5, 5.41) is 0.613. The number of aryl methyl sites for hydroxylation is 1. The van der Waals surface area contributed by atoms with Crippen LogP contribution < -0.4 is 0 Å². The summed E-state index contributed by atoms with van der Waals surface area (Å²) in [5.74, 6) is 0. The molecule has 0 N–H and O–H groups in total. The van der Waals surface area contributed by atoms with Crippen molar-refractivity contribution >= 4 is 17.2 Å². The summed E-state index contributed by atoms with van der Waals surface area (Å²) in [5.41, 5.74) is 3.72. The molecule has 2 heteroatoms. The maximum atomic E-state index is 5.86. The molecule has 0 spiro atoms. The van der Waals surface area contributed by atoms with Crippen molar-refractivity contribution in [3.05, 3.63) is 34.6 Å². The molecule has 0 fully saturated rings. The molecule has 0 saturated carbocycles. The normalized spacial score (nSPS) is 16.0. The molecule has 1 aromatic rings. The van der Waals surface area contributed by atoms with Crippen LogP contribution in [0.5, 0.6) is 0 Å². The van der Waals surface area contributed by atoms with E-state index in [4.69, 9.17) is 11.6 Å². The number of rotatable bonds is 1. The van der Waals surface area contributed by atoms with Gasteiger partial charge < -0.3 is 0 Å². The summed E-state index contributed by atoms with van der Waals surface area (Å²) in [6, 6.07) is 2.12. The van der Waals surface area contributed by atoms with Crippen molar-refractivity contribution in [3.8, 4) is 0 Å². The highest BCUT2D eigenvalue weighted by molar-refractivity contribution is 6.30. The lowest BCUT2D eigenvalue weighted by atomic mass is 10.1. The van der Waals surface area contributed by atoms with Crippen LogP contribution in [0.1, 0.15) is 30.4 Å². The summed E-state index contributed by atoms with van der Waals surface area (Å²) in [6.07, 6.45) is 7.83. The van der Waals surface area contributed by atoms with E-state index in [1.807, 2.05) is 13.1 Å². The monoisotopic (exact) mass is 193 g/mol. The zero-order valence-electron chi connectivity index (χ0n) is 7.68. The van der Waals surface area contributed by atoms with E-state index in [1.54, 1.807) is 0 Å². The zero-order chi connectivity index (χ0) is 9.26. The van der Waals surface area contributed by atoms with Crippen LogP contribution in [0.3, 0.4) is 0 Å². The standard InChI is InChI=1S/C11H12ClN/c1-8-6-10(7-13-11(8)12)9-4-2-3-5-9/h4,6-7H,2-3,5H2,1H3. The quantitative estimate of drug-likeness (QED) is 0.621. The van der Waals surface area contributed by atoms with Gasteiger partial charge in [-0.2, -0.15) is 0 Å². The van der Waals surface area contributed by atoms with E-state index in [1.165, 1.54) is 30.4 Å². The third-order valence-corrected chi connectivity index (χ3v) is 2.82. The average molecular weight is 194 g/mol. The van der Waals surface area contributed by atoms with Gasteiger partial charge in [-0.25, -0.2) is 4.98 Å². The molecule has 2 rings (SSSR count). The SMILES string of the molecule is Cc1cc(C2=CCCC2)cnc1Cl. The fourth-order valence-corrected chi connectivity index (χ4v) is 1.77. The van der Waals surface area contributed by atoms with Gasteiger partial charge in [0, 0.05) is 6.20 Å². The number of hydrogen-bond donors (Lipinski definition) is 0. The van der Waals surface area contributed by atoms with Crippen molar-refractivity contribution in [1.29, 1.82) is 0 Å². The molecule has 13 heavy (non-hydrogen) atoms. The fourth-order valence-electron chi connectivity index (χ4n) is 1.67. The Kier molecular flexibility index (Phi) is 2.36. The van der Waals surface area contributed by atoms with Gasteiger partial charge in [0.15, 0.2) is 0 Å². The van der Waals surface area contributed by atoms with Crippen LogP contribution in [0.4, 0.5) is 0 Å². The second-order valence-corrected chi connectivity index (χ2v) is 3.81. The van der Waals surface area contributed by atoms with E-state index in [0.29, 0.717) is 5.15 Å². The predicted molar refractivity (Wildman–Crippen MR) is 55.8 cm³/mol. The van der Waals surface area contributed by atoms with E-state index in [0.717, 1.165) is 5.56 Å². The Balaban J connectivity index is 2.36. The topological polar surface area (TPSA) is 12.9 Å². The van der Waals surface area contributed by atoms with Crippen molar-refractivity contribution in [3.63, 3.8) is 0 Å². The molecule has 1 aliphatic carbocycles. The van der Waals surface area contributed by atoms with Crippen LogP contribution in [0.15, 0.2) is 18.3 Å². The molecule has 0 atom stereocenters. The third kappa shape index (κ3) is 1.75. The lowest BCUT2D eigenvalue weighted by Crippen LogP contribution is -1.87. The van der Waals surface area contributed by atoms with E-state index in [9.17, 15) is 0 Å². The number of aromatic nitrogens is 1. The Morgan fingerprint density at radius 2 is 2.31 bits per heavy atom. The minimum Gasteiger partial charge on any atom is -0.244 e. The molecule has 1 nitrogen and oxygen atoms in total. The lowest BCUT2D eigenvalue weighted by Gasteiger charge is -2.03. The first-order valence-electron chi connectivity index (χ1n) is 4.59. The molecule has 0 bridgehead atoms. The summed E-state index contributed by atoms with van der Waals surface area (Å²) in [6.45, 7) is 1.99. The second-order valence-electron chi connectivity index (χ2n) is 3.45. The Morgan fingerprint density at radius 3 is 2.92 bits per heavy atom. The molecular formula is C11H12ClN. The van der Waals surface area contributed by atoms with E-state index in [-0.39, 0.29) is 0 Å². The molecule has 0 amide bonds. The first-order chi connectivity index (χ1) is 6.27. The first-order valence-corrected chi connectivity index (χ1v) is 4.97. The summed E-state index contributed by atoms with van der Waals surface area (Å²) in [7, 11) is 0. The number of halogens is 1. The molecule has 68 valence electrons. The van der Waals surface area contributed by atoms with Gasteiger partial charge in [0.25, 0.3) is 0 Å². The molecule has 1 aromatic heterocycles. The Labute approximate surface area is 83.4 Å². The van der Waals surface area contributed by atoms with Crippen LogP contribution in [0, 0.1) is 6.92 Å². The highest BCUT2D eigenvalue weighted by Gasteiger charge is 2.08. The van der Waals surface area contributed by atoms with E-state index in [2.05, 4.69) is 17.1 Å². The van der Waals surface area contributed by atoms with Gasteiger partial charge in [0.05, 0.1) is 0 Å². The highest BCUT2D eigenvalue weighted by atomic mass is 35.5. The van der Waals surface area contributed by atoms with Crippen LogP contribution in [-0.2, 0) is 0 Å². The smallest absolute Gasteiger partial charge is 0.131 e. The number of hydrogen-bond acceptors (Lipinski definition) is 1. The summed E-state index contributed by atoms with van der Waals surface area (Å²) >= 11 is 5.86. The van der Waals surface area contributed by atoms with Gasteiger partial charge in [0.2, 0.25) is 0 Å². The molecule has 1 aliphatic rings. The first kappa shape index (κ1) is 8.76. The minimum absolute atomic E-state index is 0.613. The van der Waals surface area contributed by atoms with Crippen molar-refractivity contribution in [2.75, 3.05) is 0 Å². The van der Waals surface area contributed by atoms with Crippen LogP contribution in [0.25, 0.3) is 5.57 Å². The van der Waals surface area contributed by atoms with Gasteiger partial charge in [-0.05, 0) is 49.0 Å². The highest BCUT2D eigenvalue weighted by Crippen LogP contribution is 2.28. The molecule has 0 aromatic carbocycles. The predicted octanol–water partition coefficient (Wildman–Crippen LogP) is 3.61.